The van der Waals surface area contributed by atoms with Crippen molar-refractivity contribution in [3.63, 3.8) is 0 Å². The Morgan fingerprint density at radius 2 is 1.55 bits per heavy atom. The van der Waals surface area contributed by atoms with Crippen LogP contribution in [0, 0.1) is 0 Å². The summed E-state index contributed by atoms with van der Waals surface area (Å²) in [6.45, 7) is 0. The number of hydrogen-bond donors (Lipinski definition) is 2. The maximum atomic E-state index is 13.1. The number of hydrogen-bond acceptors (Lipinski definition) is 5. The zero-order chi connectivity index (χ0) is 20.4. The molecule has 0 saturated heterocycles. The first kappa shape index (κ1) is 19.0. The highest BCUT2D eigenvalue weighted by Gasteiger charge is 2.43. The molecular weight excluding hydrogens is 392 g/mol. The van der Waals surface area contributed by atoms with E-state index in [-0.39, 0.29) is 11.3 Å². The van der Waals surface area contributed by atoms with E-state index in [0.29, 0.717) is 22.7 Å². The Morgan fingerprint density at radius 1 is 0.931 bits per heavy atom. The molecule has 0 radical (unpaired) electrons. The average molecular weight is 410 g/mol. The van der Waals surface area contributed by atoms with E-state index in [0.717, 1.165) is 0 Å². The Kier molecular flexibility index (Phi) is 4.96. The topological polar surface area (TPSA) is 95.9 Å². The minimum Gasteiger partial charge on any atom is -0.457 e. The van der Waals surface area contributed by atoms with Gasteiger partial charge >= 0.3 is 0 Å². The van der Waals surface area contributed by atoms with E-state index < -0.39 is 22.0 Å². The Balaban J connectivity index is 1.69. The van der Waals surface area contributed by atoms with Gasteiger partial charge in [-0.1, -0.05) is 36.4 Å². The molecule has 2 N–H and O–H groups in total. The van der Waals surface area contributed by atoms with E-state index in [2.05, 4.69) is 0 Å². The van der Waals surface area contributed by atoms with Gasteiger partial charge in [0.15, 0.2) is 0 Å². The summed E-state index contributed by atoms with van der Waals surface area (Å²) in [7, 11) is -3.84. The van der Waals surface area contributed by atoms with Gasteiger partial charge in [0.05, 0.1) is 23.0 Å². The summed E-state index contributed by atoms with van der Waals surface area (Å²) in [6, 6.07) is 21.6. The van der Waals surface area contributed by atoms with Crippen LogP contribution in [-0.4, -0.2) is 19.5 Å². The second kappa shape index (κ2) is 7.57. The highest BCUT2D eigenvalue weighted by atomic mass is 32.2. The Labute approximate surface area is 168 Å². The van der Waals surface area contributed by atoms with Crippen LogP contribution in [0.1, 0.15) is 18.0 Å². The number of rotatable bonds is 5. The number of carbonyl (C=O) groups excluding carboxylic acids is 1. The van der Waals surface area contributed by atoms with E-state index in [4.69, 9.17) is 9.94 Å². The van der Waals surface area contributed by atoms with Crippen molar-refractivity contribution < 1.29 is 23.2 Å². The maximum Gasteiger partial charge on any atom is 0.265 e. The molecule has 1 aliphatic heterocycles. The molecule has 4 rings (SSSR count). The predicted octanol–water partition coefficient (Wildman–Crippen LogP) is 3.62. The van der Waals surface area contributed by atoms with Gasteiger partial charge in [-0.3, -0.25) is 14.3 Å². The molecule has 0 spiro atoms. The number of carbonyl (C=O) groups is 1. The molecule has 1 heterocycles. The lowest BCUT2D eigenvalue weighted by atomic mass is 10.0. The molecule has 3 aromatic rings. The van der Waals surface area contributed by atoms with Gasteiger partial charge in [-0.2, -0.15) is 0 Å². The molecule has 0 aliphatic carbocycles. The fraction of sp³-hybridized carbons (Fsp3) is 0.0952. The smallest absolute Gasteiger partial charge is 0.265 e. The van der Waals surface area contributed by atoms with E-state index in [1.54, 1.807) is 47.9 Å². The molecular formula is C21H18N2O5S. The monoisotopic (exact) mass is 410 g/mol. The number of ether oxygens (including phenoxy) is 1. The first-order valence-corrected chi connectivity index (χ1v) is 10.3. The molecule has 1 aliphatic rings. The second-order valence-corrected chi connectivity index (χ2v) is 8.29. The number of amides is 1. The normalized spacial score (nSPS) is 16.9. The summed E-state index contributed by atoms with van der Waals surface area (Å²) in [5.74, 6) is 0.550. The van der Waals surface area contributed by atoms with Crippen LogP contribution in [-0.2, 0) is 14.8 Å². The number of anilines is 1. The van der Waals surface area contributed by atoms with Crippen molar-refractivity contribution in [1.82, 2.24) is 5.48 Å². The Bertz CT molecular complexity index is 1130. The summed E-state index contributed by atoms with van der Waals surface area (Å²) in [6.07, 6.45) is -0.213. The molecule has 8 heteroatoms. The minimum atomic E-state index is -3.84. The second-order valence-electron chi connectivity index (χ2n) is 6.50. The molecule has 148 valence electrons. The van der Waals surface area contributed by atoms with Crippen LogP contribution in [0.15, 0.2) is 83.8 Å². The van der Waals surface area contributed by atoms with Crippen molar-refractivity contribution in [1.29, 1.82) is 0 Å². The SMILES string of the molecule is O=C(CC1c2ccccc2S(=O)(=O)N1c1ccc(Oc2ccccc2)cc1)NO. The van der Waals surface area contributed by atoms with Gasteiger partial charge in [0.2, 0.25) is 5.91 Å². The molecule has 1 amide bonds. The van der Waals surface area contributed by atoms with Crippen molar-refractivity contribution in [2.45, 2.75) is 17.4 Å². The van der Waals surface area contributed by atoms with Gasteiger partial charge < -0.3 is 4.74 Å². The first-order chi connectivity index (χ1) is 14.0. The number of para-hydroxylation sites is 1. The third kappa shape index (κ3) is 3.55. The van der Waals surface area contributed by atoms with E-state index >= 15 is 0 Å². The number of nitrogens with one attached hydrogen (secondary N) is 1. The van der Waals surface area contributed by atoms with Gasteiger partial charge in [0.1, 0.15) is 11.5 Å². The molecule has 0 saturated carbocycles. The summed E-state index contributed by atoms with van der Waals surface area (Å²) in [5.41, 5.74) is 2.49. The Hall–Kier alpha value is -3.36. The summed E-state index contributed by atoms with van der Waals surface area (Å²) < 4.78 is 33.2. The zero-order valence-corrected chi connectivity index (χ0v) is 16.0. The number of nitrogens with zero attached hydrogens (tertiary/aromatic N) is 1. The van der Waals surface area contributed by atoms with Crippen LogP contribution in [0.5, 0.6) is 11.5 Å². The Morgan fingerprint density at radius 3 is 2.24 bits per heavy atom. The van der Waals surface area contributed by atoms with Crippen molar-refractivity contribution in [3.8, 4) is 11.5 Å². The largest absolute Gasteiger partial charge is 0.457 e. The van der Waals surface area contributed by atoms with Crippen LogP contribution in [0.2, 0.25) is 0 Å². The standard InChI is InChI=1S/C21H18N2O5S/c24-21(22-25)14-19-18-8-4-5-9-20(18)29(26,27)23(19)15-10-12-17(13-11-15)28-16-6-2-1-3-7-16/h1-13,19,25H,14H2,(H,22,24). The summed E-state index contributed by atoms with van der Waals surface area (Å²) in [4.78, 5) is 12.0. The molecule has 0 aromatic heterocycles. The summed E-state index contributed by atoms with van der Waals surface area (Å²) >= 11 is 0. The van der Waals surface area contributed by atoms with E-state index in [1.807, 2.05) is 30.3 Å². The number of benzene rings is 3. The van der Waals surface area contributed by atoms with Crippen LogP contribution in [0.25, 0.3) is 0 Å². The number of sulfonamides is 1. The molecule has 1 atom stereocenters. The van der Waals surface area contributed by atoms with Crippen LogP contribution < -0.4 is 14.5 Å². The molecule has 3 aromatic carbocycles. The van der Waals surface area contributed by atoms with Crippen molar-refractivity contribution >= 4 is 21.6 Å². The van der Waals surface area contributed by atoms with Crippen LogP contribution in [0.3, 0.4) is 0 Å². The van der Waals surface area contributed by atoms with E-state index in [9.17, 15) is 13.2 Å². The quantitative estimate of drug-likeness (QED) is 0.495. The van der Waals surface area contributed by atoms with Gasteiger partial charge in [0.25, 0.3) is 10.0 Å². The predicted molar refractivity (Wildman–Crippen MR) is 106 cm³/mol. The van der Waals surface area contributed by atoms with Crippen LogP contribution in [0.4, 0.5) is 5.69 Å². The minimum absolute atomic E-state index is 0.153. The van der Waals surface area contributed by atoms with E-state index in [1.165, 1.54) is 10.4 Å². The number of hydroxylamine groups is 1. The number of fused-ring (bicyclic) bond motifs is 1. The lowest BCUT2D eigenvalue weighted by molar-refractivity contribution is -0.129. The molecule has 7 nitrogen and oxygen atoms in total. The van der Waals surface area contributed by atoms with Gasteiger partial charge in [-0.05, 0) is 48.0 Å². The molecule has 1 unspecified atom stereocenters. The van der Waals surface area contributed by atoms with Crippen molar-refractivity contribution in [2.24, 2.45) is 0 Å². The third-order valence-corrected chi connectivity index (χ3v) is 6.58. The lowest BCUT2D eigenvalue weighted by Crippen LogP contribution is -2.32. The first-order valence-electron chi connectivity index (χ1n) is 8.90. The van der Waals surface area contributed by atoms with Gasteiger partial charge in [-0.15, -0.1) is 0 Å². The average Bonchev–Trinajstić information content (AvgIpc) is 2.96. The van der Waals surface area contributed by atoms with Crippen LogP contribution >= 0.6 is 0 Å². The van der Waals surface area contributed by atoms with Crippen molar-refractivity contribution in [2.75, 3.05) is 4.31 Å². The fourth-order valence-corrected chi connectivity index (χ4v) is 5.30. The molecule has 29 heavy (non-hydrogen) atoms. The summed E-state index contributed by atoms with van der Waals surface area (Å²) in [5, 5.41) is 8.92. The molecule has 0 bridgehead atoms. The highest BCUT2D eigenvalue weighted by Crippen LogP contribution is 2.44. The fourth-order valence-electron chi connectivity index (χ4n) is 3.41. The van der Waals surface area contributed by atoms with Crippen molar-refractivity contribution in [3.05, 3.63) is 84.4 Å². The molecule has 0 fully saturated rings. The maximum absolute atomic E-state index is 13.1. The lowest BCUT2D eigenvalue weighted by Gasteiger charge is -2.25. The highest BCUT2D eigenvalue weighted by molar-refractivity contribution is 7.93. The third-order valence-electron chi connectivity index (χ3n) is 4.67. The zero-order valence-electron chi connectivity index (χ0n) is 15.2. The van der Waals surface area contributed by atoms with Gasteiger partial charge in [0, 0.05) is 0 Å². The van der Waals surface area contributed by atoms with Gasteiger partial charge in [-0.25, -0.2) is 13.9 Å².